The third-order valence-electron chi connectivity index (χ3n) is 7.96. The highest BCUT2D eigenvalue weighted by Gasteiger charge is 2.29. The lowest BCUT2D eigenvalue weighted by atomic mass is 9.78. The third kappa shape index (κ3) is 5.42. The van der Waals surface area contributed by atoms with Crippen LogP contribution in [0.4, 0.5) is 0 Å². The van der Waals surface area contributed by atoms with Gasteiger partial charge >= 0.3 is 5.97 Å². The van der Waals surface area contributed by atoms with E-state index in [4.69, 9.17) is 5.41 Å². The van der Waals surface area contributed by atoms with Crippen LogP contribution in [0.15, 0.2) is 36.4 Å². The zero-order chi connectivity index (χ0) is 28.0. The van der Waals surface area contributed by atoms with Gasteiger partial charge in [0, 0.05) is 23.2 Å². The lowest BCUT2D eigenvalue weighted by molar-refractivity contribution is -0.143. The minimum absolute atomic E-state index is 0.0239. The van der Waals surface area contributed by atoms with Crippen molar-refractivity contribution in [2.75, 3.05) is 0 Å². The van der Waals surface area contributed by atoms with Crippen LogP contribution in [0, 0.1) is 17.2 Å². The molecule has 3 N–H and O–H groups in total. The number of benzene rings is 2. The van der Waals surface area contributed by atoms with Crippen LogP contribution >= 0.6 is 0 Å². The molecule has 0 unspecified atom stereocenters. The minimum Gasteiger partial charge on any atom is -0.507 e. The highest BCUT2D eigenvalue weighted by atomic mass is 16.4. The number of phenolic OH excluding ortho intramolecular Hbond substituents is 1. The number of aromatic hydroxyl groups is 1. The Balaban J connectivity index is 1.69. The summed E-state index contributed by atoms with van der Waals surface area (Å²) < 4.78 is 3.73. The predicted molar refractivity (Wildman–Crippen MR) is 149 cm³/mol. The van der Waals surface area contributed by atoms with Crippen molar-refractivity contribution in [1.29, 1.82) is 5.41 Å². The van der Waals surface area contributed by atoms with Gasteiger partial charge in [0.15, 0.2) is 5.78 Å². The molecule has 1 aromatic heterocycles. The largest absolute Gasteiger partial charge is 0.507 e. The summed E-state index contributed by atoms with van der Waals surface area (Å²) in [4.78, 5) is 25.1. The summed E-state index contributed by atoms with van der Waals surface area (Å²) in [6.07, 6.45) is 2.97. The number of aliphatic carboxylic acids is 1. The molecule has 0 amide bonds. The van der Waals surface area contributed by atoms with E-state index in [-0.39, 0.29) is 40.4 Å². The van der Waals surface area contributed by atoms with Crippen LogP contribution in [0.25, 0.3) is 11.0 Å². The molecule has 0 radical (unpaired) electrons. The Kier molecular flexibility index (Phi) is 7.34. The SMILES string of the molecule is CC(C)(C)c1cc(C(=O)Cn2c(=N)n(CC3CCC(C(=O)O)CC3)c3ccccc32)cc(C(C)(C)C)c1O. The minimum atomic E-state index is -0.717. The number of nitrogens with zero attached hydrogens (tertiary/aromatic N) is 2. The number of carbonyl (C=O) groups is 2. The van der Waals surface area contributed by atoms with Crippen molar-refractivity contribution in [1.82, 2.24) is 9.13 Å². The molecule has 0 spiro atoms. The number of imidazole rings is 1. The average Bonchev–Trinajstić information content (AvgIpc) is 3.09. The fraction of sp³-hybridized carbons (Fsp3) is 0.516. The molecule has 1 heterocycles. The summed E-state index contributed by atoms with van der Waals surface area (Å²) in [6, 6.07) is 11.4. The second kappa shape index (κ2) is 10.1. The fourth-order valence-corrected chi connectivity index (χ4v) is 5.66. The van der Waals surface area contributed by atoms with Crippen LogP contribution in [0.3, 0.4) is 0 Å². The highest BCUT2D eigenvalue weighted by molar-refractivity contribution is 5.97. The number of hydrogen-bond donors (Lipinski definition) is 3. The molecule has 2 aromatic carbocycles. The van der Waals surface area contributed by atoms with Gasteiger partial charge in [-0.25, -0.2) is 0 Å². The van der Waals surface area contributed by atoms with E-state index in [2.05, 4.69) is 0 Å². The second-order valence-corrected chi connectivity index (χ2v) is 12.9. The molecule has 3 aromatic rings. The number of carbonyl (C=O) groups excluding carboxylic acids is 1. The first-order chi connectivity index (χ1) is 17.7. The first kappa shape index (κ1) is 27.7. The van der Waals surface area contributed by atoms with Crippen molar-refractivity contribution in [3.05, 3.63) is 58.7 Å². The lowest BCUT2D eigenvalue weighted by Gasteiger charge is -2.28. The maximum Gasteiger partial charge on any atom is 0.306 e. The number of hydrogen-bond acceptors (Lipinski definition) is 4. The lowest BCUT2D eigenvalue weighted by Crippen LogP contribution is -2.31. The Morgan fingerprint density at radius 3 is 1.87 bits per heavy atom. The number of aromatic nitrogens is 2. The molecule has 7 nitrogen and oxygen atoms in total. The van der Waals surface area contributed by atoms with Crippen molar-refractivity contribution < 1.29 is 19.8 Å². The monoisotopic (exact) mass is 519 g/mol. The molecular formula is C31H41N3O4. The fourth-order valence-electron chi connectivity index (χ4n) is 5.66. The zero-order valence-corrected chi connectivity index (χ0v) is 23.5. The topological polar surface area (TPSA) is 108 Å². The number of phenols is 1. The van der Waals surface area contributed by atoms with Crippen LogP contribution < -0.4 is 5.62 Å². The van der Waals surface area contributed by atoms with Crippen molar-refractivity contribution in [3.8, 4) is 5.75 Å². The first-order valence-corrected chi connectivity index (χ1v) is 13.5. The van der Waals surface area contributed by atoms with Crippen LogP contribution in [0.2, 0.25) is 0 Å². The summed E-state index contributed by atoms with van der Waals surface area (Å²) >= 11 is 0. The molecule has 7 heteroatoms. The van der Waals surface area contributed by atoms with E-state index in [1.54, 1.807) is 16.7 Å². The highest BCUT2D eigenvalue weighted by Crippen LogP contribution is 2.40. The van der Waals surface area contributed by atoms with Gasteiger partial charge in [-0.3, -0.25) is 15.0 Å². The number of nitrogens with one attached hydrogen (secondary N) is 1. The molecule has 1 aliphatic carbocycles. The number of carboxylic acids is 1. The summed E-state index contributed by atoms with van der Waals surface area (Å²) in [5.74, 6) is -0.553. The molecule has 204 valence electrons. The molecule has 38 heavy (non-hydrogen) atoms. The van der Waals surface area contributed by atoms with E-state index in [1.165, 1.54) is 0 Å². The Labute approximate surface area is 224 Å². The quantitative estimate of drug-likeness (QED) is 0.347. The Morgan fingerprint density at radius 2 is 1.39 bits per heavy atom. The first-order valence-electron chi connectivity index (χ1n) is 13.5. The Morgan fingerprint density at radius 1 is 0.895 bits per heavy atom. The van der Waals surface area contributed by atoms with E-state index in [0.717, 1.165) is 35.0 Å². The molecule has 1 fully saturated rings. The van der Waals surface area contributed by atoms with Crippen molar-refractivity contribution >= 4 is 22.8 Å². The van der Waals surface area contributed by atoms with Gasteiger partial charge in [0.25, 0.3) is 0 Å². The van der Waals surface area contributed by atoms with Crippen LogP contribution in [-0.4, -0.2) is 31.1 Å². The van der Waals surface area contributed by atoms with E-state index < -0.39 is 5.97 Å². The molecule has 0 aliphatic heterocycles. The molecule has 1 saturated carbocycles. The summed E-state index contributed by atoms with van der Waals surface area (Å²) in [6.45, 7) is 12.8. The van der Waals surface area contributed by atoms with Gasteiger partial charge in [0.2, 0.25) is 5.62 Å². The predicted octanol–water partition coefficient (Wildman–Crippen LogP) is 6.00. The van der Waals surface area contributed by atoms with Gasteiger partial charge in [0.1, 0.15) is 5.75 Å². The number of rotatable bonds is 6. The van der Waals surface area contributed by atoms with Gasteiger partial charge in [-0.15, -0.1) is 0 Å². The number of carboxylic acid groups (broad SMARTS) is 1. The maximum atomic E-state index is 13.7. The Hall–Kier alpha value is -3.35. The van der Waals surface area contributed by atoms with Crippen LogP contribution in [0.1, 0.15) is 88.7 Å². The standard InChI is InChI=1S/C31H41N3O4/c1-30(2,3)22-15-21(16-23(27(22)36)31(4,5)6)26(35)18-34-25-10-8-7-9-24(25)33(29(34)32)17-19-11-13-20(14-12-19)28(37)38/h7-10,15-16,19-20,32,36H,11-14,17-18H2,1-6H3,(H,37,38). The maximum absolute atomic E-state index is 13.7. The van der Waals surface area contributed by atoms with Gasteiger partial charge in [-0.2, -0.15) is 0 Å². The van der Waals surface area contributed by atoms with Gasteiger partial charge in [0.05, 0.1) is 23.5 Å². The van der Waals surface area contributed by atoms with E-state index >= 15 is 0 Å². The summed E-state index contributed by atoms with van der Waals surface area (Å²) in [7, 11) is 0. The molecule has 0 bridgehead atoms. The van der Waals surface area contributed by atoms with E-state index in [0.29, 0.717) is 30.9 Å². The molecule has 4 rings (SSSR count). The van der Waals surface area contributed by atoms with E-state index in [1.807, 2.05) is 70.4 Å². The van der Waals surface area contributed by atoms with Crippen LogP contribution in [0.5, 0.6) is 5.75 Å². The van der Waals surface area contributed by atoms with Gasteiger partial charge < -0.3 is 19.3 Å². The van der Waals surface area contributed by atoms with E-state index in [9.17, 15) is 19.8 Å². The molecule has 0 atom stereocenters. The van der Waals surface area contributed by atoms with Crippen LogP contribution in [-0.2, 0) is 28.7 Å². The van der Waals surface area contributed by atoms with Gasteiger partial charge in [-0.1, -0.05) is 53.7 Å². The normalized spacial score (nSPS) is 18.6. The van der Waals surface area contributed by atoms with Crippen molar-refractivity contribution in [2.24, 2.45) is 11.8 Å². The second-order valence-electron chi connectivity index (χ2n) is 12.9. The molecular weight excluding hydrogens is 478 g/mol. The van der Waals surface area contributed by atoms with Gasteiger partial charge in [-0.05, 0) is 66.7 Å². The molecule has 0 saturated heterocycles. The molecule has 1 aliphatic rings. The summed E-state index contributed by atoms with van der Waals surface area (Å²) in [5, 5.41) is 29.4. The number of fused-ring (bicyclic) bond motifs is 1. The number of Topliss-reactive ketones (excluding diaryl/α,β-unsaturated/α-hetero) is 1. The number of para-hydroxylation sites is 2. The average molecular weight is 520 g/mol. The Bertz CT molecular complexity index is 1390. The summed E-state index contributed by atoms with van der Waals surface area (Å²) in [5.41, 5.74) is 3.33. The zero-order valence-electron chi connectivity index (χ0n) is 23.5. The smallest absolute Gasteiger partial charge is 0.306 e. The van der Waals surface area contributed by atoms with Crippen molar-refractivity contribution in [2.45, 2.75) is 91.1 Å². The number of ketones is 1. The van der Waals surface area contributed by atoms with Crippen molar-refractivity contribution in [3.63, 3.8) is 0 Å². The third-order valence-corrected chi connectivity index (χ3v) is 7.96.